The molecule has 24 heavy (non-hydrogen) atoms. The molecule has 0 aliphatic carbocycles. The van der Waals surface area contributed by atoms with Crippen LogP contribution in [0.15, 0.2) is 35.2 Å². The highest BCUT2D eigenvalue weighted by atomic mass is 32.2. The quantitative estimate of drug-likeness (QED) is 0.850. The normalized spacial score (nSPS) is 14.5. The van der Waals surface area contributed by atoms with E-state index in [9.17, 15) is 8.42 Å². The van der Waals surface area contributed by atoms with Crippen molar-refractivity contribution in [3.63, 3.8) is 0 Å². The summed E-state index contributed by atoms with van der Waals surface area (Å²) in [5.74, 6) is 0. The van der Waals surface area contributed by atoms with Crippen molar-refractivity contribution in [3.8, 4) is 0 Å². The molecule has 0 saturated heterocycles. The molecule has 128 valence electrons. The molecule has 0 saturated carbocycles. The molecule has 0 spiro atoms. The van der Waals surface area contributed by atoms with Crippen LogP contribution in [0.4, 0.5) is 5.69 Å². The van der Waals surface area contributed by atoms with E-state index in [0.29, 0.717) is 11.4 Å². The maximum Gasteiger partial charge on any atom is 0.264 e. The fraction of sp³-hybridized carbons (Fsp3) is 0.421. The van der Waals surface area contributed by atoms with Crippen LogP contribution < -0.4 is 4.31 Å². The summed E-state index contributed by atoms with van der Waals surface area (Å²) in [4.78, 5) is 5.11. The molecule has 0 fully saturated rings. The molecule has 0 atom stereocenters. The van der Waals surface area contributed by atoms with E-state index in [1.807, 2.05) is 25.1 Å². The largest absolute Gasteiger partial charge is 0.264 e. The molecule has 1 aliphatic rings. The van der Waals surface area contributed by atoms with Gasteiger partial charge in [0.2, 0.25) is 0 Å². The van der Waals surface area contributed by atoms with Gasteiger partial charge in [-0.15, -0.1) is 0 Å². The minimum absolute atomic E-state index is 0.346. The van der Waals surface area contributed by atoms with Crippen LogP contribution in [-0.2, 0) is 29.3 Å². The number of hydrogen-bond acceptors (Lipinski definition) is 3. The summed E-state index contributed by atoms with van der Waals surface area (Å²) in [6, 6.07) is 9.09. The number of hydrogen-bond donors (Lipinski definition) is 0. The molecule has 0 unspecified atom stereocenters. The van der Waals surface area contributed by atoms with Gasteiger partial charge in [0, 0.05) is 12.2 Å². The van der Waals surface area contributed by atoms with Gasteiger partial charge in [-0.2, -0.15) is 0 Å². The Morgan fingerprint density at radius 2 is 1.83 bits per heavy atom. The zero-order valence-electron chi connectivity index (χ0n) is 14.5. The number of aryl methyl sites for hydroxylation is 4. The number of anilines is 1. The average molecular weight is 344 g/mol. The molecular weight excluding hydrogens is 320 g/mol. The molecule has 2 heterocycles. The van der Waals surface area contributed by atoms with Crippen molar-refractivity contribution in [1.29, 1.82) is 0 Å². The van der Waals surface area contributed by atoms with Gasteiger partial charge in [-0.3, -0.25) is 9.29 Å². The first-order chi connectivity index (χ1) is 11.5. The second-order valence-corrected chi connectivity index (χ2v) is 8.12. The van der Waals surface area contributed by atoms with Crippen molar-refractivity contribution in [2.75, 3.05) is 10.8 Å². The average Bonchev–Trinajstić information content (AvgIpc) is 2.60. The van der Waals surface area contributed by atoms with Gasteiger partial charge in [0.15, 0.2) is 0 Å². The number of sulfonamides is 1. The number of pyridine rings is 1. The monoisotopic (exact) mass is 344 g/mol. The summed E-state index contributed by atoms with van der Waals surface area (Å²) < 4.78 is 27.8. The Balaban J connectivity index is 2.10. The molecule has 5 heteroatoms. The number of fused-ring (bicyclic) bond motifs is 1. The lowest BCUT2D eigenvalue weighted by Gasteiger charge is -2.31. The predicted octanol–water partition coefficient (Wildman–Crippen LogP) is 3.66. The summed E-state index contributed by atoms with van der Waals surface area (Å²) in [7, 11) is -3.54. The Labute approximate surface area is 144 Å². The van der Waals surface area contributed by atoms with Crippen LogP contribution in [0.1, 0.15) is 42.8 Å². The summed E-state index contributed by atoms with van der Waals surface area (Å²) >= 11 is 0. The van der Waals surface area contributed by atoms with E-state index in [1.165, 1.54) is 0 Å². The fourth-order valence-electron chi connectivity index (χ4n) is 3.23. The van der Waals surface area contributed by atoms with Gasteiger partial charge >= 0.3 is 0 Å². The Bertz CT molecular complexity index is 842. The number of rotatable bonds is 4. The highest BCUT2D eigenvalue weighted by Gasteiger charge is 2.30. The van der Waals surface area contributed by atoms with Gasteiger partial charge in [-0.05, 0) is 56.4 Å². The lowest BCUT2D eigenvalue weighted by atomic mass is 10.0. The molecule has 2 aromatic rings. The van der Waals surface area contributed by atoms with Crippen LogP contribution >= 0.6 is 0 Å². The fourth-order valence-corrected chi connectivity index (χ4v) is 4.75. The zero-order valence-corrected chi connectivity index (χ0v) is 15.4. The van der Waals surface area contributed by atoms with Gasteiger partial charge in [0.1, 0.15) is 0 Å². The molecule has 0 N–H and O–H groups in total. The predicted molar refractivity (Wildman–Crippen MR) is 97.0 cm³/mol. The van der Waals surface area contributed by atoms with Gasteiger partial charge in [-0.25, -0.2) is 8.42 Å². The Hall–Kier alpha value is -1.88. The lowest BCUT2D eigenvalue weighted by Crippen LogP contribution is -2.36. The van der Waals surface area contributed by atoms with E-state index >= 15 is 0 Å². The van der Waals surface area contributed by atoms with Crippen molar-refractivity contribution in [2.24, 2.45) is 0 Å². The topological polar surface area (TPSA) is 50.3 Å². The second kappa shape index (κ2) is 6.55. The van der Waals surface area contributed by atoms with Gasteiger partial charge in [0.25, 0.3) is 10.0 Å². The molecular formula is C19H24N2O2S. The Kier molecular flexibility index (Phi) is 4.63. The van der Waals surface area contributed by atoms with Gasteiger partial charge in [-0.1, -0.05) is 31.5 Å². The first-order valence-corrected chi connectivity index (χ1v) is 10.0. The van der Waals surface area contributed by atoms with E-state index < -0.39 is 10.0 Å². The van der Waals surface area contributed by atoms with E-state index in [1.54, 1.807) is 16.4 Å². The number of benzene rings is 1. The smallest absolute Gasteiger partial charge is 0.264 e. The van der Waals surface area contributed by atoms with Crippen molar-refractivity contribution in [1.82, 2.24) is 4.98 Å². The molecule has 1 aliphatic heterocycles. The zero-order chi connectivity index (χ0) is 17.3. The standard InChI is InChI=1S/C19H24N2O2S/c1-4-15-13-19-18(20-17(15)5-2)7-6-12-21(19)24(22,23)16-10-8-14(3)9-11-16/h8-11,13H,4-7,12H2,1-3H3. The minimum Gasteiger partial charge on any atom is -0.264 e. The SMILES string of the molecule is CCc1cc2c(nc1CC)CCCN2S(=O)(=O)c1ccc(C)cc1. The van der Waals surface area contributed by atoms with E-state index in [-0.39, 0.29) is 0 Å². The highest BCUT2D eigenvalue weighted by Crippen LogP contribution is 2.33. The maximum absolute atomic E-state index is 13.1. The van der Waals surface area contributed by atoms with E-state index in [4.69, 9.17) is 4.98 Å². The van der Waals surface area contributed by atoms with Crippen molar-refractivity contribution < 1.29 is 8.42 Å². The maximum atomic E-state index is 13.1. The van der Waals surface area contributed by atoms with Crippen LogP contribution in [0.25, 0.3) is 0 Å². The third-order valence-corrected chi connectivity index (χ3v) is 6.44. The van der Waals surface area contributed by atoms with Crippen molar-refractivity contribution >= 4 is 15.7 Å². The molecule has 0 amide bonds. The van der Waals surface area contributed by atoms with E-state index in [2.05, 4.69) is 13.8 Å². The van der Waals surface area contributed by atoms with Crippen LogP contribution in [0, 0.1) is 6.92 Å². The molecule has 0 bridgehead atoms. The van der Waals surface area contributed by atoms with Crippen molar-refractivity contribution in [2.45, 2.75) is 51.3 Å². The molecule has 1 aromatic carbocycles. The first kappa shape index (κ1) is 17.0. The highest BCUT2D eigenvalue weighted by molar-refractivity contribution is 7.92. The van der Waals surface area contributed by atoms with Crippen LogP contribution in [0.2, 0.25) is 0 Å². The minimum atomic E-state index is -3.54. The van der Waals surface area contributed by atoms with Crippen LogP contribution in [-0.4, -0.2) is 19.9 Å². The summed E-state index contributed by atoms with van der Waals surface area (Å²) in [5.41, 5.74) is 4.95. The lowest BCUT2D eigenvalue weighted by molar-refractivity contribution is 0.585. The van der Waals surface area contributed by atoms with Crippen LogP contribution in [0.3, 0.4) is 0 Å². The third-order valence-electron chi connectivity index (χ3n) is 4.62. The molecule has 3 rings (SSSR count). The van der Waals surface area contributed by atoms with Crippen LogP contribution in [0.5, 0.6) is 0 Å². The second-order valence-electron chi connectivity index (χ2n) is 6.26. The molecule has 0 radical (unpaired) electrons. The Morgan fingerprint density at radius 3 is 2.46 bits per heavy atom. The number of aromatic nitrogens is 1. The van der Waals surface area contributed by atoms with E-state index in [0.717, 1.165) is 53.9 Å². The van der Waals surface area contributed by atoms with Crippen molar-refractivity contribution in [3.05, 3.63) is 52.8 Å². The first-order valence-electron chi connectivity index (χ1n) is 8.58. The van der Waals surface area contributed by atoms with Gasteiger partial charge in [0.05, 0.1) is 16.3 Å². The summed E-state index contributed by atoms with van der Waals surface area (Å²) in [6.07, 6.45) is 3.38. The number of nitrogens with zero attached hydrogens (tertiary/aromatic N) is 2. The van der Waals surface area contributed by atoms with Gasteiger partial charge < -0.3 is 0 Å². The molecule has 1 aromatic heterocycles. The summed E-state index contributed by atoms with van der Waals surface area (Å²) in [6.45, 7) is 6.65. The summed E-state index contributed by atoms with van der Waals surface area (Å²) in [5, 5.41) is 0. The molecule has 4 nitrogen and oxygen atoms in total. The Morgan fingerprint density at radius 1 is 1.12 bits per heavy atom. The third kappa shape index (κ3) is 2.93.